The molecule has 3 aromatic rings. The molecule has 2 N–H and O–H groups in total. The molecule has 6 heteroatoms. The maximum atomic E-state index is 13.3. The number of hydrogen-bond acceptors (Lipinski definition) is 2. The van der Waals surface area contributed by atoms with E-state index in [9.17, 15) is 13.6 Å². The molecule has 0 spiro atoms. The maximum absolute atomic E-state index is 13.3. The van der Waals surface area contributed by atoms with Crippen LogP contribution in [0.1, 0.15) is 49.1 Å². The van der Waals surface area contributed by atoms with Gasteiger partial charge in [-0.05, 0) is 92.4 Å². The fourth-order valence-corrected chi connectivity index (χ4v) is 5.69. The van der Waals surface area contributed by atoms with Gasteiger partial charge in [0.2, 0.25) is 5.91 Å². The van der Waals surface area contributed by atoms with Crippen molar-refractivity contribution in [3.8, 4) is 0 Å². The highest BCUT2D eigenvalue weighted by molar-refractivity contribution is 5.91. The summed E-state index contributed by atoms with van der Waals surface area (Å²) < 4.78 is 26.6. The van der Waals surface area contributed by atoms with E-state index in [4.69, 9.17) is 0 Å². The SMILES string of the molecule is O=C(/C=C/c1cc(F)cc(F)c1)NC1CCC(CN2CCC(c3c[nH]c4ccccc34)CC2)C1. The number of H-pyrrole nitrogens is 1. The van der Waals surface area contributed by atoms with Gasteiger partial charge >= 0.3 is 0 Å². The Morgan fingerprint density at radius 2 is 1.82 bits per heavy atom. The molecule has 4 nitrogen and oxygen atoms in total. The molecule has 0 radical (unpaired) electrons. The Labute approximate surface area is 199 Å². The van der Waals surface area contributed by atoms with Gasteiger partial charge in [0.1, 0.15) is 11.6 Å². The molecule has 34 heavy (non-hydrogen) atoms. The summed E-state index contributed by atoms with van der Waals surface area (Å²) in [7, 11) is 0. The van der Waals surface area contributed by atoms with Gasteiger partial charge in [0, 0.05) is 41.8 Å². The van der Waals surface area contributed by atoms with Crippen LogP contribution in [0.4, 0.5) is 8.78 Å². The summed E-state index contributed by atoms with van der Waals surface area (Å²) in [5.74, 6) is -0.305. The molecule has 1 aliphatic carbocycles. The molecule has 1 saturated carbocycles. The number of para-hydroxylation sites is 1. The number of carbonyl (C=O) groups is 1. The molecule has 2 aromatic carbocycles. The zero-order valence-corrected chi connectivity index (χ0v) is 19.3. The minimum absolute atomic E-state index is 0.162. The Kier molecular flexibility index (Phi) is 6.77. The third-order valence-electron chi connectivity index (χ3n) is 7.36. The van der Waals surface area contributed by atoms with Crippen molar-refractivity contribution in [1.82, 2.24) is 15.2 Å². The number of halogens is 2. The Morgan fingerprint density at radius 3 is 2.62 bits per heavy atom. The van der Waals surface area contributed by atoms with Crippen LogP contribution in [0.5, 0.6) is 0 Å². The first kappa shape index (κ1) is 22.8. The first-order valence-corrected chi connectivity index (χ1v) is 12.3. The monoisotopic (exact) mass is 463 g/mol. The van der Waals surface area contributed by atoms with E-state index >= 15 is 0 Å². The second-order valence-electron chi connectivity index (χ2n) is 9.79. The normalized spacial score (nSPS) is 22.1. The topological polar surface area (TPSA) is 48.1 Å². The smallest absolute Gasteiger partial charge is 0.244 e. The molecule has 1 amide bonds. The number of aromatic nitrogens is 1. The molecule has 2 aliphatic rings. The van der Waals surface area contributed by atoms with Crippen molar-refractivity contribution in [3.63, 3.8) is 0 Å². The summed E-state index contributed by atoms with van der Waals surface area (Å²) >= 11 is 0. The minimum atomic E-state index is -0.649. The summed E-state index contributed by atoms with van der Waals surface area (Å²) in [6.07, 6.45) is 10.4. The number of aromatic amines is 1. The van der Waals surface area contributed by atoms with Gasteiger partial charge in [-0.1, -0.05) is 18.2 Å². The third-order valence-corrected chi connectivity index (χ3v) is 7.36. The van der Waals surface area contributed by atoms with Crippen LogP contribution in [0.25, 0.3) is 17.0 Å². The second-order valence-corrected chi connectivity index (χ2v) is 9.79. The number of benzene rings is 2. The summed E-state index contributed by atoms with van der Waals surface area (Å²) in [5, 5.41) is 4.41. The highest BCUT2D eigenvalue weighted by Crippen LogP contribution is 2.34. The van der Waals surface area contributed by atoms with E-state index in [1.54, 1.807) is 0 Å². The van der Waals surface area contributed by atoms with Gasteiger partial charge < -0.3 is 15.2 Å². The molecular weight excluding hydrogens is 432 g/mol. The van der Waals surface area contributed by atoms with Gasteiger partial charge in [0.05, 0.1) is 0 Å². The van der Waals surface area contributed by atoms with Crippen molar-refractivity contribution in [3.05, 3.63) is 77.5 Å². The predicted octanol–water partition coefficient (Wildman–Crippen LogP) is 5.62. The predicted molar refractivity (Wildman–Crippen MR) is 131 cm³/mol. The van der Waals surface area contributed by atoms with Crippen LogP contribution >= 0.6 is 0 Å². The zero-order valence-electron chi connectivity index (χ0n) is 19.3. The Morgan fingerprint density at radius 1 is 1.06 bits per heavy atom. The summed E-state index contributed by atoms with van der Waals surface area (Å²) in [4.78, 5) is 18.3. The van der Waals surface area contributed by atoms with Crippen LogP contribution < -0.4 is 5.32 Å². The number of carbonyl (C=O) groups excluding carboxylic acids is 1. The van der Waals surface area contributed by atoms with E-state index in [2.05, 4.69) is 45.7 Å². The van der Waals surface area contributed by atoms with Gasteiger partial charge in [0.15, 0.2) is 0 Å². The molecule has 2 unspecified atom stereocenters. The second kappa shape index (κ2) is 10.1. The number of amides is 1. The van der Waals surface area contributed by atoms with Crippen LogP contribution in [0.2, 0.25) is 0 Å². The number of piperidine rings is 1. The number of nitrogens with zero attached hydrogens (tertiary/aromatic N) is 1. The van der Waals surface area contributed by atoms with Gasteiger partial charge in [-0.2, -0.15) is 0 Å². The lowest BCUT2D eigenvalue weighted by atomic mass is 9.89. The molecule has 1 aliphatic heterocycles. The Hall–Kier alpha value is -2.99. The summed E-state index contributed by atoms with van der Waals surface area (Å²) in [5.41, 5.74) is 3.01. The average molecular weight is 464 g/mol. The summed E-state index contributed by atoms with van der Waals surface area (Å²) in [6, 6.07) is 11.9. The molecule has 0 bridgehead atoms. The lowest BCUT2D eigenvalue weighted by molar-refractivity contribution is -0.117. The first-order valence-electron chi connectivity index (χ1n) is 12.3. The van der Waals surface area contributed by atoms with Crippen molar-refractivity contribution >= 4 is 22.9 Å². The maximum Gasteiger partial charge on any atom is 0.244 e. The van der Waals surface area contributed by atoms with Gasteiger partial charge in [0.25, 0.3) is 0 Å². The highest BCUT2D eigenvalue weighted by atomic mass is 19.1. The summed E-state index contributed by atoms with van der Waals surface area (Å²) in [6.45, 7) is 3.32. The van der Waals surface area contributed by atoms with Crippen LogP contribution in [-0.2, 0) is 4.79 Å². The quantitative estimate of drug-likeness (QED) is 0.466. The van der Waals surface area contributed by atoms with Crippen LogP contribution in [0.3, 0.4) is 0 Å². The van der Waals surface area contributed by atoms with Gasteiger partial charge in [-0.25, -0.2) is 8.78 Å². The van der Waals surface area contributed by atoms with Crippen LogP contribution in [-0.4, -0.2) is 41.5 Å². The molecule has 178 valence electrons. The van der Waals surface area contributed by atoms with E-state index in [0.29, 0.717) is 17.4 Å². The number of nitrogens with one attached hydrogen (secondary N) is 2. The first-order chi connectivity index (χ1) is 16.5. The third kappa shape index (κ3) is 5.39. The van der Waals surface area contributed by atoms with Crippen LogP contribution in [0, 0.1) is 17.6 Å². The average Bonchev–Trinajstić information content (AvgIpc) is 3.44. The van der Waals surface area contributed by atoms with Gasteiger partial charge in [-0.15, -0.1) is 0 Å². The highest BCUT2D eigenvalue weighted by Gasteiger charge is 2.29. The largest absolute Gasteiger partial charge is 0.361 e. The fraction of sp³-hybridized carbons (Fsp3) is 0.393. The van der Waals surface area contributed by atoms with E-state index in [0.717, 1.165) is 45.0 Å². The van der Waals surface area contributed by atoms with Crippen molar-refractivity contribution in [2.45, 2.75) is 44.1 Å². The number of fused-ring (bicyclic) bond motifs is 1. The van der Waals surface area contributed by atoms with Crippen molar-refractivity contribution < 1.29 is 13.6 Å². The molecular formula is C28H31F2N3O. The number of rotatable bonds is 6. The standard InChI is InChI=1S/C28H31F2N3O/c29-22-13-19(14-23(30)16-22)6-8-28(34)32-24-7-5-20(15-24)18-33-11-9-21(10-12-33)26-17-31-27-4-2-1-3-25(26)27/h1-4,6,8,13-14,16-17,20-21,24,31H,5,7,9-12,15,18H2,(H,32,34)/b8-6+. The molecule has 5 rings (SSSR count). The number of likely N-dealkylation sites (tertiary alicyclic amines) is 1. The van der Waals surface area contributed by atoms with Gasteiger partial charge in [-0.3, -0.25) is 4.79 Å². The molecule has 2 atom stereocenters. The van der Waals surface area contributed by atoms with E-state index in [1.165, 1.54) is 53.6 Å². The lowest BCUT2D eigenvalue weighted by Crippen LogP contribution is -2.37. The number of hydrogen-bond donors (Lipinski definition) is 2. The molecule has 2 heterocycles. The van der Waals surface area contributed by atoms with Crippen molar-refractivity contribution in [2.75, 3.05) is 19.6 Å². The van der Waals surface area contributed by atoms with E-state index < -0.39 is 11.6 Å². The van der Waals surface area contributed by atoms with E-state index in [-0.39, 0.29) is 11.9 Å². The Bertz CT molecular complexity index is 1160. The molecule has 1 saturated heterocycles. The van der Waals surface area contributed by atoms with Crippen molar-refractivity contribution in [2.24, 2.45) is 5.92 Å². The fourth-order valence-electron chi connectivity index (χ4n) is 5.69. The molecule has 2 fully saturated rings. The van der Waals surface area contributed by atoms with Crippen molar-refractivity contribution in [1.29, 1.82) is 0 Å². The lowest BCUT2D eigenvalue weighted by Gasteiger charge is -2.33. The van der Waals surface area contributed by atoms with E-state index in [1.807, 2.05) is 0 Å². The Balaban J connectivity index is 1.07. The minimum Gasteiger partial charge on any atom is -0.361 e. The van der Waals surface area contributed by atoms with Crippen LogP contribution in [0.15, 0.2) is 54.7 Å². The molecule has 1 aromatic heterocycles. The zero-order chi connectivity index (χ0) is 23.5.